The number of halogens is 2. The molecule has 0 aromatic heterocycles. The first-order valence-electron chi connectivity index (χ1n) is 27.7. The highest BCUT2D eigenvalue weighted by Gasteiger charge is 2.37. The van der Waals surface area contributed by atoms with Crippen molar-refractivity contribution in [2.75, 3.05) is 26.3 Å². The molecule has 2 fully saturated rings. The van der Waals surface area contributed by atoms with Crippen LogP contribution in [0.1, 0.15) is 157 Å². The van der Waals surface area contributed by atoms with E-state index >= 15 is 0 Å². The molecule has 4 aliphatic rings. The van der Waals surface area contributed by atoms with Crippen molar-refractivity contribution >= 4 is 47.1 Å². The molecule has 2 aromatic rings. The lowest BCUT2D eigenvalue weighted by molar-refractivity contribution is -0.158. The number of Topliss-reactive ketones (excluding diaryl/α,β-unsaturated/α-hetero) is 2. The SMILES string of the molecule is CC(C)[C@@H]1CC(=O)[C@H](C)C/C=C/COc2ccc(F)c(c2)[C@@H](C)OC(=O)[C@@H]2CCCN(N2)C(=O)[C@H](C)NC1=O.CC(C)[C@@H]1CC(=O)[C@H](C)CCCCOc2ccc(F)c(c2)[C@@H](C)OC(=O)[C@@H]2CCCN(N2)C(=O)[C@H](C)NC1=O. The normalized spacial score (nSPS) is 28.8. The van der Waals surface area contributed by atoms with Gasteiger partial charge in [0, 0.05) is 60.7 Å². The van der Waals surface area contributed by atoms with E-state index in [-0.39, 0.29) is 77.6 Å². The van der Waals surface area contributed by atoms with Gasteiger partial charge in [0.2, 0.25) is 11.8 Å². The van der Waals surface area contributed by atoms with E-state index in [1.807, 2.05) is 47.6 Å². The van der Waals surface area contributed by atoms with Crippen LogP contribution in [0.15, 0.2) is 48.6 Å². The molecule has 8 bridgehead atoms. The number of ketones is 2. The van der Waals surface area contributed by atoms with E-state index in [1.54, 1.807) is 33.8 Å². The van der Waals surface area contributed by atoms with E-state index in [2.05, 4.69) is 21.5 Å². The summed E-state index contributed by atoms with van der Waals surface area (Å²) in [4.78, 5) is 104. The summed E-state index contributed by atoms with van der Waals surface area (Å²) in [7, 11) is 0. The summed E-state index contributed by atoms with van der Waals surface area (Å²) in [5, 5.41) is 8.16. The van der Waals surface area contributed by atoms with E-state index in [0.29, 0.717) is 76.1 Å². The minimum atomic E-state index is -0.889. The molecule has 4 aliphatic heterocycles. The van der Waals surface area contributed by atoms with Crippen LogP contribution in [-0.2, 0) is 47.8 Å². The number of hydrogen-bond acceptors (Lipinski definition) is 14. The van der Waals surface area contributed by atoms with Gasteiger partial charge in [-0.25, -0.2) is 19.6 Å². The Hall–Kier alpha value is -6.28. The number of amides is 4. The molecule has 4 amide bonds. The van der Waals surface area contributed by atoms with Crippen molar-refractivity contribution < 1.29 is 66.1 Å². The minimum Gasteiger partial charge on any atom is -0.494 e. The number of hydrazine groups is 2. The van der Waals surface area contributed by atoms with Gasteiger partial charge in [-0.3, -0.25) is 48.4 Å². The zero-order valence-corrected chi connectivity index (χ0v) is 47.0. The number of cyclic esters (lactones) is 2. The molecule has 10 atom stereocenters. The Bertz CT molecular complexity index is 2470. The largest absolute Gasteiger partial charge is 0.494 e. The molecule has 0 saturated carbocycles. The molecule has 18 nitrogen and oxygen atoms in total. The highest BCUT2D eigenvalue weighted by molar-refractivity contribution is 5.93. The second-order valence-electron chi connectivity index (χ2n) is 21.8. The molecule has 0 radical (unpaired) electrons. The Morgan fingerprint density at radius 1 is 0.551 bits per heavy atom. The maximum atomic E-state index is 14.6. The fourth-order valence-corrected chi connectivity index (χ4v) is 9.59. The Morgan fingerprint density at radius 3 is 1.46 bits per heavy atom. The topological polar surface area (TPSA) is 228 Å². The lowest BCUT2D eigenvalue weighted by atomic mass is 9.85. The third kappa shape index (κ3) is 17.9. The number of fused-ring (bicyclic) bond motifs is 8. The van der Waals surface area contributed by atoms with Crippen LogP contribution >= 0.6 is 0 Å². The van der Waals surface area contributed by atoms with Gasteiger partial charge in [-0.2, -0.15) is 0 Å². The van der Waals surface area contributed by atoms with Gasteiger partial charge in [0.25, 0.3) is 11.8 Å². The van der Waals surface area contributed by atoms with Crippen molar-refractivity contribution in [2.24, 2.45) is 35.5 Å². The summed E-state index contributed by atoms with van der Waals surface area (Å²) in [6.07, 6.45) is 6.60. The number of nitrogens with one attached hydrogen (secondary N) is 4. The third-order valence-electron chi connectivity index (χ3n) is 14.9. The summed E-state index contributed by atoms with van der Waals surface area (Å²) >= 11 is 0. The van der Waals surface area contributed by atoms with Crippen LogP contribution in [0, 0.1) is 47.1 Å². The maximum Gasteiger partial charge on any atom is 0.325 e. The molecule has 2 aromatic carbocycles. The first kappa shape index (κ1) is 62.6. The number of allylic oxidation sites excluding steroid dienone is 1. The number of carbonyl (C=O) groups excluding carboxylic acids is 8. The Balaban J connectivity index is 0.000000287. The fraction of sp³-hybridized carbons (Fsp3) is 0.621. The first-order valence-corrected chi connectivity index (χ1v) is 27.7. The van der Waals surface area contributed by atoms with Gasteiger partial charge in [-0.05, 0) is 127 Å². The van der Waals surface area contributed by atoms with Crippen molar-refractivity contribution in [3.8, 4) is 11.5 Å². The van der Waals surface area contributed by atoms with Crippen molar-refractivity contribution in [1.82, 2.24) is 31.5 Å². The van der Waals surface area contributed by atoms with Crippen LogP contribution in [-0.4, -0.2) is 108 Å². The average molecular weight is 1090 g/mol. The summed E-state index contributed by atoms with van der Waals surface area (Å²) in [5.41, 5.74) is 6.18. The lowest BCUT2D eigenvalue weighted by Gasteiger charge is -2.35. The molecule has 20 heteroatoms. The third-order valence-corrected chi connectivity index (χ3v) is 14.9. The molecular formula is C58H82F2N6O12. The zero-order valence-electron chi connectivity index (χ0n) is 47.0. The van der Waals surface area contributed by atoms with E-state index in [1.165, 1.54) is 46.4 Å². The van der Waals surface area contributed by atoms with Crippen LogP contribution in [0.2, 0.25) is 0 Å². The quantitative estimate of drug-likeness (QED) is 0.169. The Morgan fingerprint density at radius 2 is 1.00 bits per heavy atom. The molecule has 0 spiro atoms. The smallest absolute Gasteiger partial charge is 0.325 e. The second-order valence-corrected chi connectivity index (χ2v) is 21.8. The van der Waals surface area contributed by atoms with Crippen LogP contribution in [0.3, 0.4) is 0 Å². The summed E-state index contributed by atoms with van der Waals surface area (Å²) in [6, 6.07) is 5.28. The van der Waals surface area contributed by atoms with Gasteiger partial charge in [0.1, 0.15) is 77.7 Å². The molecule has 4 N–H and O–H groups in total. The molecule has 2 saturated heterocycles. The highest BCUT2D eigenvalue weighted by atomic mass is 19.1. The minimum absolute atomic E-state index is 0.0158. The Kier molecular flexibility index (Phi) is 23.8. The van der Waals surface area contributed by atoms with Gasteiger partial charge in [0.15, 0.2) is 0 Å². The standard InChI is InChI=1S/C29H42FN3O6.C29H40FN3O6/c2*1-17(2)22-16-26(34)18(3)9-6-7-14-38-21-11-12-24(30)23(15-21)20(5)39-29(37)25-10-8-13-33(32-25)28(36)19(4)31-27(22)35/h11-12,15,17-20,22,25,32H,6-10,13-14,16H2,1-5H3,(H,31,35);6-7,11-12,15,17-20,22,25,32H,8-10,13-14,16H2,1-5H3,(H,31,35)/b;7-6+/t2*18-,19+,20-,22+,25+/m11/s1. The predicted molar refractivity (Wildman–Crippen MR) is 286 cm³/mol. The molecule has 430 valence electrons. The van der Waals surface area contributed by atoms with E-state index in [4.69, 9.17) is 18.9 Å². The fourth-order valence-electron chi connectivity index (χ4n) is 9.59. The summed E-state index contributed by atoms with van der Waals surface area (Å²) < 4.78 is 51.8. The van der Waals surface area contributed by atoms with Gasteiger partial charge in [0.05, 0.1) is 6.61 Å². The van der Waals surface area contributed by atoms with E-state index in [9.17, 15) is 47.1 Å². The van der Waals surface area contributed by atoms with Crippen molar-refractivity contribution in [1.29, 1.82) is 0 Å². The van der Waals surface area contributed by atoms with Crippen LogP contribution in [0.5, 0.6) is 11.5 Å². The summed E-state index contributed by atoms with van der Waals surface area (Å²) in [6.45, 7) is 18.9. The second kappa shape index (κ2) is 29.6. The number of hydrogen-bond donors (Lipinski definition) is 4. The average Bonchev–Trinajstić information content (AvgIpc) is 3.41. The Labute approximate surface area is 457 Å². The number of esters is 2. The number of benzene rings is 2. The maximum absolute atomic E-state index is 14.6. The molecule has 0 aliphatic carbocycles. The molecule has 6 rings (SSSR count). The zero-order chi connectivity index (χ0) is 57.4. The monoisotopic (exact) mass is 1090 g/mol. The highest BCUT2D eigenvalue weighted by Crippen LogP contribution is 2.29. The molecule has 78 heavy (non-hydrogen) atoms. The molecule has 0 unspecified atom stereocenters. The lowest BCUT2D eigenvalue weighted by Crippen LogP contribution is -2.59. The molecule has 4 heterocycles. The van der Waals surface area contributed by atoms with Crippen molar-refractivity contribution in [2.45, 2.75) is 170 Å². The summed E-state index contributed by atoms with van der Waals surface area (Å²) in [5.74, 6) is -4.72. The van der Waals surface area contributed by atoms with Gasteiger partial charge in [-0.1, -0.05) is 53.7 Å². The number of ether oxygens (including phenoxy) is 4. The van der Waals surface area contributed by atoms with Gasteiger partial charge >= 0.3 is 11.9 Å². The van der Waals surface area contributed by atoms with Gasteiger partial charge in [-0.15, -0.1) is 0 Å². The van der Waals surface area contributed by atoms with Gasteiger partial charge < -0.3 is 29.6 Å². The first-order chi connectivity index (χ1) is 36.9. The van der Waals surface area contributed by atoms with Crippen molar-refractivity contribution in [3.05, 3.63) is 71.3 Å². The number of rotatable bonds is 2. The predicted octanol–water partition coefficient (Wildman–Crippen LogP) is 7.50. The molecular weight excluding hydrogens is 1010 g/mol. The van der Waals surface area contributed by atoms with Crippen LogP contribution < -0.4 is 31.0 Å². The van der Waals surface area contributed by atoms with Crippen LogP contribution in [0.25, 0.3) is 0 Å². The van der Waals surface area contributed by atoms with E-state index in [0.717, 1.165) is 6.42 Å². The number of carbonyl (C=O) groups is 8. The van der Waals surface area contributed by atoms with Crippen molar-refractivity contribution in [3.63, 3.8) is 0 Å². The van der Waals surface area contributed by atoms with Crippen LogP contribution in [0.4, 0.5) is 8.78 Å². The number of nitrogens with zero attached hydrogens (tertiary/aromatic N) is 2. The van der Waals surface area contributed by atoms with E-state index < -0.39 is 83.6 Å².